The molecule has 7 heteroatoms. The summed E-state index contributed by atoms with van der Waals surface area (Å²) in [5.41, 5.74) is 4.44. The van der Waals surface area contributed by atoms with Crippen LogP contribution in [0.4, 0.5) is 11.4 Å². The molecule has 3 aromatic carbocycles. The molecule has 30 heavy (non-hydrogen) atoms. The molecule has 0 radical (unpaired) electrons. The summed E-state index contributed by atoms with van der Waals surface area (Å²) >= 11 is 0. The van der Waals surface area contributed by atoms with Gasteiger partial charge >= 0.3 is 0 Å². The van der Waals surface area contributed by atoms with E-state index in [2.05, 4.69) is 5.32 Å². The SMILES string of the molecule is Cc1ccc(N(CC(=O)Nc2ccc3c(c2)oc2ccccc23)S(C)(=O)=O)cc1C. The summed E-state index contributed by atoms with van der Waals surface area (Å²) in [5.74, 6) is -0.436. The van der Waals surface area contributed by atoms with Gasteiger partial charge in [-0.3, -0.25) is 9.10 Å². The van der Waals surface area contributed by atoms with Crippen molar-refractivity contribution in [1.82, 2.24) is 0 Å². The Morgan fingerprint density at radius 1 is 0.933 bits per heavy atom. The molecule has 1 heterocycles. The van der Waals surface area contributed by atoms with Crippen LogP contribution in [0.1, 0.15) is 11.1 Å². The molecule has 1 aromatic heterocycles. The summed E-state index contributed by atoms with van der Waals surface area (Å²) in [6, 6.07) is 18.4. The highest BCUT2D eigenvalue weighted by Gasteiger charge is 2.21. The first-order chi connectivity index (χ1) is 14.2. The van der Waals surface area contributed by atoms with Gasteiger partial charge in [0.25, 0.3) is 0 Å². The van der Waals surface area contributed by atoms with E-state index in [-0.39, 0.29) is 6.54 Å². The van der Waals surface area contributed by atoms with E-state index in [1.807, 2.05) is 50.2 Å². The van der Waals surface area contributed by atoms with Crippen LogP contribution in [0.25, 0.3) is 21.9 Å². The van der Waals surface area contributed by atoms with Gasteiger partial charge in [-0.25, -0.2) is 8.42 Å². The fourth-order valence-electron chi connectivity index (χ4n) is 3.42. The lowest BCUT2D eigenvalue weighted by Gasteiger charge is -2.22. The molecule has 0 saturated heterocycles. The van der Waals surface area contributed by atoms with E-state index in [4.69, 9.17) is 4.42 Å². The predicted molar refractivity (Wildman–Crippen MR) is 120 cm³/mol. The molecule has 0 unspecified atom stereocenters. The first-order valence-corrected chi connectivity index (χ1v) is 11.3. The molecule has 4 aromatic rings. The summed E-state index contributed by atoms with van der Waals surface area (Å²) in [7, 11) is -3.63. The number of hydrogen-bond donors (Lipinski definition) is 1. The Kier molecular flexibility index (Phi) is 4.99. The number of aryl methyl sites for hydroxylation is 2. The molecule has 0 atom stereocenters. The third kappa shape index (κ3) is 3.89. The largest absolute Gasteiger partial charge is 0.456 e. The number of anilines is 2. The molecule has 154 valence electrons. The number of rotatable bonds is 5. The minimum Gasteiger partial charge on any atom is -0.456 e. The Balaban J connectivity index is 1.58. The van der Waals surface area contributed by atoms with Gasteiger partial charge in [-0.2, -0.15) is 0 Å². The fourth-order valence-corrected chi connectivity index (χ4v) is 4.26. The normalized spacial score (nSPS) is 11.7. The van der Waals surface area contributed by atoms with Gasteiger partial charge in [0.1, 0.15) is 17.7 Å². The molecule has 0 aliphatic heterocycles. The van der Waals surface area contributed by atoms with Gasteiger partial charge in [-0.1, -0.05) is 24.3 Å². The first-order valence-electron chi connectivity index (χ1n) is 9.48. The second kappa shape index (κ2) is 7.50. The van der Waals surface area contributed by atoms with Crippen LogP contribution in [0.2, 0.25) is 0 Å². The summed E-state index contributed by atoms with van der Waals surface area (Å²) in [4.78, 5) is 12.7. The number of sulfonamides is 1. The van der Waals surface area contributed by atoms with Crippen LogP contribution in [0.3, 0.4) is 0 Å². The Hall–Kier alpha value is -3.32. The van der Waals surface area contributed by atoms with Gasteiger partial charge in [0.05, 0.1) is 11.9 Å². The van der Waals surface area contributed by atoms with Crippen molar-refractivity contribution in [2.75, 3.05) is 22.4 Å². The fraction of sp³-hybridized carbons (Fsp3) is 0.174. The number of furan rings is 1. The quantitative estimate of drug-likeness (QED) is 0.509. The van der Waals surface area contributed by atoms with E-state index in [0.29, 0.717) is 17.0 Å². The van der Waals surface area contributed by atoms with Crippen LogP contribution < -0.4 is 9.62 Å². The molecule has 0 fully saturated rings. The van der Waals surface area contributed by atoms with Crippen molar-refractivity contribution in [2.24, 2.45) is 0 Å². The van der Waals surface area contributed by atoms with E-state index in [1.54, 1.807) is 24.3 Å². The highest BCUT2D eigenvalue weighted by molar-refractivity contribution is 7.92. The summed E-state index contributed by atoms with van der Waals surface area (Å²) in [5, 5.41) is 4.73. The van der Waals surface area contributed by atoms with E-state index in [1.165, 1.54) is 0 Å². The third-order valence-electron chi connectivity index (χ3n) is 5.13. The number of nitrogens with one attached hydrogen (secondary N) is 1. The second-order valence-corrected chi connectivity index (χ2v) is 9.30. The number of nitrogens with zero attached hydrogens (tertiary/aromatic N) is 1. The molecule has 0 spiro atoms. The van der Waals surface area contributed by atoms with Crippen LogP contribution in [-0.4, -0.2) is 27.1 Å². The maximum absolute atomic E-state index is 12.7. The van der Waals surface area contributed by atoms with Crippen molar-refractivity contribution in [2.45, 2.75) is 13.8 Å². The maximum Gasteiger partial charge on any atom is 0.245 e. The number of hydrogen-bond acceptors (Lipinski definition) is 4. The van der Waals surface area contributed by atoms with Crippen molar-refractivity contribution < 1.29 is 17.6 Å². The Bertz CT molecular complexity index is 1370. The summed E-state index contributed by atoms with van der Waals surface area (Å²) in [6.07, 6.45) is 1.09. The molecule has 6 nitrogen and oxygen atoms in total. The minimum atomic E-state index is -3.63. The van der Waals surface area contributed by atoms with Gasteiger partial charge in [-0.05, 0) is 55.3 Å². The highest BCUT2D eigenvalue weighted by Crippen LogP contribution is 2.30. The van der Waals surface area contributed by atoms with Crippen LogP contribution in [0.15, 0.2) is 65.1 Å². The number of benzene rings is 3. The minimum absolute atomic E-state index is 0.320. The molecule has 1 amide bonds. The number of carbonyl (C=O) groups is 1. The van der Waals surface area contributed by atoms with Crippen molar-refractivity contribution in [3.63, 3.8) is 0 Å². The van der Waals surface area contributed by atoms with E-state index < -0.39 is 15.9 Å². The number of para-hydroxylation sites is 1. The van der Waals surface area contributed by atoms with Crippen LogP contribution in [0, 0.1) is 13.8 Å². The van der Waals surface area contributed by atoms with Crippen LogP contribution in [-0.2, 0) is 14.8 Å². The topological polar surface area (TPSA) is 79.6 Å². The van der Waals surface area contributed by atoms with Gasteiger partial charge < -0.3 is 9.73 Å². The van der Waals surface area contributed by atoms with Crippen molar-refractivity contribution in [3.8, 4) is 0 Å². The monoisotopic (exact) mass is 422 g/mol. The van der Waals surface area contributed by atoms with Gasteiger partial charge in [0.15, 0.2) is 0 Å². The molecule has 4 rings (SSSR count). The molecule has 0 aliphatic carbocycles. The van der Waals surface area contributed by atoms with E-state index >= 15 is 0 Å². The Labute approximate surface area is 175 Å². The summed E-state index contributed by atoms with van der Waals surface area (Å²) < 4.78 is 31.6. The molecular weight excluding hydrogens is 400 g/mol. The smallest absolute Gasteiger partial charge is 0.245 e. The zero-order valence-electron chi connectivity index (χ0n) is 17.0. The first kappa shape index (κ1) is 20.0. The average Bonchev–Trinajstić information content (AvgIpc) is 3.05. The average molecular weight is 423 g/mol. The molecule has 0 saturated carbocycles. The van der Waals surface area contributed by atoms with E-state index in [0.717, 1.165) is 38.0 Å². The third-order valence-corrected chi connectivity index (χ3v) is 6.27. The number of fused-ring (bicyclic) bond motifs is 3. The number of amides is 1. The lowest BCUT2D eigenvalue weighted by molar-refractivity contribution is -0.114. The van der Waals surface area contributed by atoms with Gasteiger partial charge in [0, 0.05) is 22.5 Å². The standard InChI is InChI=1S/C23H22N2O4S/c1-15-8-10-18(12-16(15)2)25(30(3,27)28)14-23(26)24-17-9-11-20-19-6-4-5-7-21(19)29-22(20)13-17/h4-13H,14H2,1-3H3,(H,24,26). The second-order valence-electron chi connectivity index (χ2n) is 7.40. The van der Waals surface area contributed by atoms with Crippen molar-refractivity contribution in [1.29, 1.82) is 0 Å². The molecule has 1 N–H and O–H groups in total. The maximum atomic E-state index is 12.7. The predicted octanol–water partition coefficient (Wildman–Crippen LogP) is 4.61. The van der Waals surface area contributed by atoms with Crippen molar-refractivity contribution >= 4 is 49.2 Å². The van der Waals surface area contributed by atoms with Crippen molar-refractivity contribution in [3.05, 3.63) is 71.8 Å². The van der Waals surface area contributed by atoms with Gasteiger partial charge in [0.2, 0.25) is 15.9 Å². The lowest BCUT2D eigenvalue weighted by atomic mass is 10.1. The zero-order chi connectivity index (χ0) is 21.5. The van der Waals surface area contributed by atoms with Gasteiger partial charge in [-0.15, -0.1) is 0 Å². The zero-order valence-corrected chi connectivity index (χ0v) is 17.8. The Morgan fingerprint density at radius 2 is 1.67 bits per heavy atom. The van der Waals surface area contributed by atoms with Crippen LogP contribution >= 0.6 is 0 Å². The lowest BCUT2D eigenvalue weighted by Crippen LogP contribution is -2.37. The molecule has 0 bridgehead atoms. The molecule has 0 aliphatic rings. The van der Waals surface area contributed by atoms with Crippen LogP contribution in [0.5, 0.6) is 0 Å². The molecular formula is C23H22N2O4S. The highest BCUT2D eigenvalue weighted by atomic mass is 32.2. The number of carbonyl (C=O) groups excluding carboxylic acids is 1. The van der Waals surface area contributed by atoms with E-state index in [9.17, 15) is 13.2 Å². The summed E-state index contributed by atoms with van der Waals surface area (Å²) in [6.45, 7) is 3.53. The Morgan fingerprint density at radius 3 is 2.40 bits per heavy atom.